The Morgan fingerprint density at radius 1 is 1.24 bits per heavy atom. The van der Waals surface area contributed by atoms with Gasteiger partial charge in [-0.3, -0.25) is 4.79 Å². The van der Waals surface area contributed by atoms with Gasteiger partial charge in [0.25, 0.3) is 0 Å². The maximum absolute atomic E-state index is 12.2. The van der Waals surface area contributed by atoms with Gasteiger partial charge in [-0.05, 0) is 19.1 Å². The summed E-state index contributed by atoms with van der Waals surface area (Å²) >= 11 is 13.4. The van der Waals surface area contributed by atoms with Crippen molar-refractivity contribution in [2.24, 2.45) is 5.92 Å². The van der Waals surface area contributed by atoms with Gasteiger partial charge in [0.2, 0.25) is 0 Å². The fourth-order valence-electron chi connectivity index (χ4n) is 2.08. The standard InChI is InChI=1S/C11H12Cl2N2OS/c1-17-11-14-9(12)7(10(13)15-11)8(16)6-4-2-3-5-6/h6H,2-5H2,1H3. The molecule has 0 unspecified atom stereocenters. The smallest absolute Gasteiger partial charge is 0.190 e. The van der Waals surface area contributed by atoms with Crippen molar-refractivity contribution in [1.29, 1.82) is 0 Å². The normalized spacial score (nSPS) is 16.4. The molecule has 0 aromatic carbocycles. The molecule has 6 heteroatoms. The van der Waals surface area contributed by atoms with Crippen LogP contribution in [0, 0.1) is 5.92 Å². The van der Waals surface area contributed by atoms with Gasteiger partial charge in [0.15, 0.2) is 10.9 Å². The van der Waals surface area contributed by atoms with Crippen LogP contribution in [0.5, 0.6) is 0 Å². The average molecular weight is 291 g/mol. The number of carbonyl (C=O) groups is 1. The van der Waals surface area contributed by atoms with Crippen molar-refractivity contribution in [3.8, 4) is 0 Å². The zero-order valence-corrected chi connectivity index (χ0v) is 11.7. The molecule has 1 fully saturated rings. The number of hydrogen-bond acceptors (Lipinski definition) is 4. The number of thioether (sulfide) groups is 1. The predicted molar refractivity (Wildman–Crippen MR) is 70.1 cm³/mol. The average Bonchev–Trinajstić information content (AvgIpc) is 2.81. The van der Waals surface area contributed by atoms with Crippen LogP contribution in [0.2, 0.25) is 10.3 Å². The Kier molecular flexibility index (Phi) is 4.28. The number of carbonyl (C=O) groups excluding carboxylic acids is 1. The third kappa shape index (κ3) is 2.75. The van der Waals surface area contributed by atoms with Crippen molar-refractivity contribution in [2.45, 2.75) is 30.8 Å². The maximum Gasteiger partial charge on any atom is 0.190 e. The summed E-state index contributed by atoms with van der Waals surface area (Å²) in [6.45, 7) is 0. The highest BCUT2D eigenvalue weighted by atomic mass is 35.5. The van der Waals surface area contributed by atoms with Crippen molar-refractivity contribution in [1.82, 2.24) is 9.97 Å². The molecule has 0 N–H and O–H groups in total. The van der Waals surface area contributed by atoms with E-state index >= 15 is 0 Å². The van der Waals surface area contributed by atoms with Gasteiger partial charge in [0.1, 0.15) is 10.3 Å². The Morgan fingerprint density at radius 3 is 2.24 bits per heavy atom. The van der Waals surface area contributed by atoms with E-state index in [-0.39, 0.29) is 27.6 Å². The first-order valence-corrected chi connectivity index (χ1v) is 7.42. The van der Waals surface area contributed by atoms with Crippen LogP contribution in [0.3, 0.4) is 0 Å². The van der Waals surface area contributed by atoms with Crippen LogP contribution in [0.15, 0.2) is 5.16 Å². The number of hydrogen-bond donors (Lipinski definition) is 0. The molecule has 1 aliphatic rings. The van der Waals surface area contributed by atoms with Gasteiger partial charge in [-0.15, -0.1) is 0 Å². The molecule has 1 saturated carbocycles. The van der Waals surface area contributed by atoms with Crippen LogP contribution < -0.4 is 0 Å². The topological polar surface area (TPSA) is 42.9 Å². The van der Waals surface area contributed by atoms with Gasteiger partial charge in [-0.25, -0.2) is 9.97 Å². The van der Waals surface area contributed by atoms with Gasteiger partial charge in [0, 0.05) is 5.92 Å². The van der Waals surface area contributed by atoms with E-state index in [2.05, 4.69) is 9.97 Å². The van der Waals surface area contributed by atoms with Gasteiger partial charge in [0.05, 0.1) is 5.56 Å². The fraction of sp³-hybridized carbons (Fsp3) is 0.545. The van der Waals surface area contributed by atoms with Crippen molar-refractivity contribution in [2.75, 3.05) is 6.26 Å². The van der Waals surface area contributed by atoms with Gasteiger partial charge < -0.3 is 0 Å². The van der Waals surface area contributed by atoms with E-state index in [1.807, 2.05) is 6.26 Å². The van der Waals surface area contributed by atoms with Crippen molar-refractivity contribution < 1.29 is 4.79 Å². The Balaban J connectivity index is 2.34. The summed E-state index contributed by atoms with van der Waals surface area (Å²) in [5.74, 6) is 0.0267. The molecule has 2 rings (SSSR count). The van der Waals surface area contributed by atoms with Crippen molar-refractivity contribution in [3.05, 3.63) is 15.9 Å². The first kappa shape index (κ1) is 13.1. The summed E-state index contributed by atoms with van der Waals surface area (Å²) in [7, 11) is 0. The molecule has 1 aromatic heterocycles. The minimum atomic E-state index is -0.00912. The van der Waals surface area contributed by atoms with E-state index in [1.54, 1.807) is 0 Å². The molecule has 0 radical (unpaired) electrons. The van der Waals surface area contributed by atoms with E-state index in [0.717, 1.165) is 25.7 Å². The molecule has 1 heterocycles. The predicted octanol–water partition coefficient (Wildman–Crippen LogP) is 3.88. The number of aromatic nitrogens is 2. The van der Waals surface area contributed by atoms with Crippen molar-refractivity contribution in [3.63, 3.8) is 0 Å². The molecule has 0 saturated heterocycles. The minimum absolute atomic E-state index is 0.00912. The number of halogens is 2. The third-order valence-corrected chi connectivity index (χ3v) is 4.05. The molecule has 0 amide bonds. The maximum atomic E-state index is 12.2. The molecule has 17 heavy (non-hydrogen) atoms. The van der Waals surface area contributed by atoms with Crippen LogP contribution >= 0.6 is 35.0 Å². The molecule has 3 nitrogen and oxygen atoms in total. The van der Waals surface area contributed by atoms with E-state index < -0.39 is 0 Å². The molecule has 92 valence electrons. The van der Waals surface area contributed by atoms with Gasteiger partial charge in [-0.2, -0.15) is 0 Å². The second kappa shape index (κ2) is 5.55. The van der Waals surface area contributed by atoms with Crippen LogP contribution in [-0.4, -0.2) is 22.0 Å². The molecule has 0 aliphatic heterocycles. The highest BCUT2D eigenvalue weighted by Gasteiger charge is 2.28. The molecular formula is C11H12Cl2N2OS. The zero-order valence-electron chi connectivity index (χ0n) is 9.37. The van der Waals surface area contributed by atoms with Crippen LogP contribution in [0.25, 0.3) is 0 Å². The minimum Gasteiger partial charge on any atom is -0.294 e. The summed E-state index contributed by atoms with van der Waals surface area (Å²) < 4.78 is 0. The van der Waals surface area contributed by atoms with E-state index in [4.69, 9.17) is 23.2 Å². The highest BCUT2D eigenvalue weighted by Crippen LogP contribution is 2.33. The first-order chi connectivity index (χ1) is 8.13. The molecular weight excluding hydrogens is 279 g/mol. The van der Waals surface area contributed by atoms with Crippen LogP contribution in [0.4, 0.5) is 0 Å². The third-order valence-electron chi connectivity index (χ3n) is 2.96. The van der Waals surface area contributed by atoms with Gasteiger partial charge >= 0.3 is 0 Å². The second-order valence-electron chi connectivity index (χ2n) is 4.01. The quantitative estimate of drug-likeness (QED) is 0.367. The summed E-state index contributed by atoms with van der Waals surface area (Å²) in [6.07, 6.45) is 5.84. The van der Waals surface area contributed by atoms with Crippen LogP contribution in [0.1, 0.15) is 36.0 Å². The zero-order chi connectivity index (χ0) is 12.4. The number of Topliss-reactive ketones (excluding diaryl/α,β-unsaturated/α-hetero) is 1. The van der Waals surface area contributed by atoms with E-state index in [1.165, 1.54) is 11.8 Å². The summed E-state index contributed by atoms with van der Waals surface area (Å²) in [4.78, 5) is 20.3. The summed E-state index contributed by atoms with van der Waals surface area (Å²) in [6, 6.07) is 0. The second-order valence-corrected chi connectivity index (χ2v) is 5.50. The lowest BCUT2D eigenvalue weighted by atomic mass is 9.98. The molecule has 0 atom stereocenters. The van der Waals surface area contributed by atoms with Crippen LogP contribution in [-0.2, 0) is 0 Å². The summed E-state index contributed by atoms with van der Waals surface area (Å²) in [5.41, 5.74) is 0.290. The molecule has 0 spiro atoms. The highest BCUT2D eigenvalue weighted by molar-refractivity contribution is 7.98. The lowest BCUT2D eigenvalue weighted by Gasteiger charge is -2.10. The van der Waals surface area contributed by atoms with Gasteiger partial charge in [-0.1, -0.05) is 47.8 Å². The van der Waals surface area contributed by atoms with E-state index in [0.29, 0.717) is 5.16 Å². The lowest BCUT2D eigenvalue weighted by Crippen LogP contribution is -2.14. The molecule has 0 bridgehead atoms. The largest absolute Gasteiger partial charge is 0.294 e. The summed E-state index contributed by atoms with van der Waals surface area (Å²) in [5, 5.41) is 0.834. The monoisotopic (exact) mass is 290 g/mol. The Labute approximate surface area is 114 Å². The number of nitrogens with zero attached hydrogens (tertiary/aromatic N) is 2. The Morgan fingerprint density at radius 2 is 1.76 bits per heavy atom. The SMILES string of the molecule is CSc1nc(Cl)c(C(=O)C2CCCC2)c(Cl)n1. The molecule has 1 aromatic rings. The van der Waals surface area contributed by atoms with Crippen molar-refractivity contribution >= 4 is 40.7 Å². The lowest BCUT2D eigenvalue weighted by molar-refractivity contribution is 0.0922. The Bertz CT molecular complexity index is 424. The first-order valence-electron chi connectivity index (χ1n) is 5.44. The fourth-order valence-corrected chi connectivity index (χ4v) is 3.12. The van der Waals surface area contributed by atoms with E-state index in [9.17, 15) is 4.79 Å². The number of rotatable bonds is 3. The number of ketones is 1. The molecule has 1 aliphatic carbocycles. The Hall–Kier alpha value is -0.320.